The summed E-state index contributed by atoms with van der Waals surface area (Å²) in [6.07, 6.45) is 20.2. The standard InChI is InChI=1S/C24H32N2O2/c1-3-5-7-11-21(17-23-13-9-15-27-23)19-25-26-20-22(12-8-6-4-2)18-24-14-10-16-28-24/h9-10,13-20H,3-8,11-12H2,1-2H3/b21-17-,22-18+,25-19-,26-20-. The Labute approximate surface area is 168 Å². The molecule has 4 nitrogen and oxygen atoms in total. The van der Waals surface area contributed by atoms with Crippen LogP contribution >= 0.6 is 0 Å². The van der Waals surface area contributed by atoms with Crippen LogP contribution in [0, 0.1) is 0 Å². The molecule has 2 aromatic heterocycles. The van der Waals surface area contributed by atoms with Crippen molar-refractivity contribution in [1.82, 2.24) is 0 Å². The first kappa shape index (κ1) is 21.7. The lowest BCUT2D eigenvalue weighted by Crippen LogP contribution is -1.88. The van der Waals surface area contributed by atoms with Gasteiger partial charge in [-0.3, -0.25) is 0 Å². The fourth-order valence-electron chi connectivity index (χ4n) is 2.83. The van der Waals surface area contributed by atoms with Gasteiger partial charge in [-0.25, -0.2) is 0 Å². The molecule has 0 N–H and O–H groups in total. The highest BCUT2D eigenvalue weighted by molar-refractivity contribution is 5.87. The summed E-state index contributed by atoms with van der Waals surface area (Å²) >= 11 is 0. The number of nitrogens with zero attached hydrogens (tertiary/aromatic N) is 2. The van der Waals surface area contributed by atoms with Crippen LogP contribution in [0.4, 0.5) is 0 Å². The molecule has 2 rings (SSSR count). The van der Waals surface area contributed by atoms with Crippen LogP contribution in [-0.2, 0) is 0 Å². The van der Waals surface area contributed by atoms with Gasteiger partial charge in [-0.15, -0.1) is 0 Å². The summed E-state index contributed by atoms with van der Waals surface area (Å²) < 4.78 is 10.9. The first-order chi connectivity index (χ1) is 13.8. The van der Waals surface area contributed by atoms with E-state index in [0.29, 0.717) is 0 Å². The molecule has 0 spiro atoms. The lowest BCUT2D eigenvalue weighted by molar-refractivity contribution is 0.556. The van der Waals surface area contributed by atoms with Crippen LogP contribution < -0.4 is 0 Å². The van der Waals surface area contributed by atoms with E-state index in [1.807, 2.05) is 48.8 Å². The van der Waals surface area contributed by atoms with Crippen LogP contribution in [0.25, 0.3) is 12.2 Å². The highest BCUT2D eigenvalue weighted by Gasteiger charge is 1.99. The molecule has 0 bridgehead atoms. The first-order valence-corrected chi connectivity index (χ1v) is 10.4. The quantitative estimate of drug-likeness (QED) is 0.204. The van der Waals surface area contributed by atoms with Crippen molar-refractivity contribution < 1.29 is 8.83 Å². The summed E-state index contributed by atoms with van der Waals surface area (Å²) in [5.41, 5.74) is 2.26. The van der Waals surface area contributed by atoms with Gasteiger partial charge in [0, 0.05) is 0 Å². The Kier molecular flexibility index (Phi) is 10.5. The van der Waals surface area contributed by atoms with E-state index in [1.165, 1.54) is 25.7 Å². The number of unbranched alkanes of at least 4 members (excludes halogenated alkanes) is 4. The lowest BCUT2D eigenvalue weighted by Gasteiger charge is -2.01. The third kappa shape index (κ3) is 8.85. The van der Waals surface area contributed by atoms with E-state index in [-0.39, 0.29) is 0 Å². The van der Waals surface area contributed by atoms with Crippen molar-refractivity contribution in [1.29, 1.82) is 0 Å². The molecular weight excluding hydrogens is 348 g/mol. The number of hydrogen-bond acceptors (Lipinski definition) is 4. The average Bonchev–Trinajstić information content (AvgIpc) is 3.39. The minimum Gasteiger partial charge on any atom is -0.465 e. The molecule has 0 aliphatic heterocycles. The second kappa shape index (κ2) is 13.5. The molecule has 2 heterocycles. The van der Waals surface area contributed by atoms with E-state index in [1.54, 1.807) is 12.5 Å². The summed E-state index contributed by atoms with van der Waals surface area (Å²) in [6.45, 7) is 4.42. The Morgan fingerprint density at radius 2 is 1.21 bits per heavy atom. The topological polar surface area (TPSA) is 51.0 Å². The average molecular weight is 381 g/mol. The molecule has 0 radical (unpaired) electrons. The molecule has 2 aromatic rings. The summed E-state index contributed by atoms with van der Waals surface area (Å²) in [5, 5.41) is 8.58. The van der Waals surface area contributed by atoms with Gasteiger partial charge in [0.25, 0.3) is 0 Å². The minimum atomic E-state index is 0.847. The van der Waals surface area contributed by atoms with E-state index in [0.717, 1.165) is 48.3 Å². The van der Waals surface area contributed by atoms with E-state index in [2.05, 4.69) is 24.1 Å². The molecule has 0 saturated carbocycles. The third-order valence-corrected chi connectivity index (χ3v) is 4.39. The van der Waals surface area contributed by atoms with Crippen LogP contribution in [0.5, 0.6) is 0 Å². The van der Waals surface area contributed by atoms with Gasteiger partial charge in [0.15, 0.2) is 0 Å². The normalized spacial score (nSPS) is 13.2. The van der Waals surface area contributed by atoms with Gasteiger partial charge in [0.2, 0.25) is 0 Å². The van der Waals surface area contributed by atoms with Crippen LogP contribution in [0.1, 0.15) is 76.7 Å². The van der Waals surface area contributed by atoms with Crippen molar-refractivity contribution in [2.45, 2.75) is 65.2 Å². The third-order valence-electron chi connectivity index (χ3n) is 4.39. The zero-order valence-electron chi connectivity index (χ0n) is 17.1. The zero-order valence-corrected chi connectivity index (χ0v) is 17.1. The first-order valence-electron chi connectivity index (χ1n) is 10.4. The number of furan rings is 2. The number of hydrogen-bond donors (Lipinski definition) is 0. The Morgan fingerprint density at radius 1 is 0.750 bits per heavy atom. The Balaban J connectivity index is 2.03. The predicted octanol–water partition coefficient (Wildman–Crippen LogP) is 7.56. The van der Waals surface area contributed by atoms with E-state index in [9.17, 15) is 0 Å². The maximum Gasteiger partial charge on any atom is 0.126 e. The summed E-state index contributed by atoms with van der Waals surface area (Å²) in [4.78, 5) is 0. The summed E-state index contributed by atoms with van der Waals surface area (Å²) in [5.74, 6) is 1.69. The minimum absolute atomic E-state index is 0.847. The molecule has 0 saturated heterocycles. The fraction of sp³-hybridized carbons (Fsp3) is 0.417. The molecule has 0 unspecified atom stereocenters. The van der Waals surface area contributed by atoms with Gasteiger partial charge in [0.05, 0.1) is 25.0 Å². The SMILES string of the molecule is CCCCCC(/C=N\N=C/C(=C/c1ccco1)CCCCC)=C/c1ccco1. The Hall–Kier alpha value is -2.62. The largest absolute Gasteiger partial charge is 0.465 e. The second-order valence-corrected chi connectivity index (χ2v) is 6.87. The van der Waals surface area contributed by atoms with Crippen molar-refractivity contribution in [3.8, 4) is 0 Å². The summed E-state index contributed by atoms with van der Waals surface area (Å²) in [7, 11) is 0. The van der Waals surface area contributed by atoms with Gasteiger partial charge in [-0.2, -0.15) is 10.2 Å². The maximum absolute atomic E-state index is 5.43. The van der Waals surface area contributed by atoms with Gasteiger partial charge >= 0.3 is 0 Å². The van der Waals surface area contributed by atoms with Crippen molar-refractivity contribution in [2.75, 3.05) is 0 Å². The smallest absolute Gasteiger partial charge is 0.126 e. The van der Waals surface area contributed by atoms with Crippen molar-refractivity contribution in [3.63, 3.8) is 0 Å². The van der Waals surface area contributed by atoms with Crippen molar-refractivity contribution in [3.05, 3.63) is 59.5 Å². The molecule has 0 aliphatic carbocycles. The van der Waals surface area contributed by atoms with Gasteiger partial charge in [-0.05, 0) is 73.2 Å². The van der Waals surface area contributed by atoms with Crippen molar-refractivity contribution >= 4 is 24.6 Å². The van der Waals surface area contributed by atoms with Gasteiger partial charge in [-0.1, -0.05) is 39.5 Å². The van der Waals surface area contributed by atoms with Crippen LogP contribution in [0.15, 0.2) is 67.0 Å². The molecular formula is C24H32N2O2. The van der Waals surface area contributed by atoms with E-state index >= 15 is 0 Å². The van der Waals surface area contributed by atoms with Crippen molar-refractivity contribution in [2.24, 2.45) is 10.2 Å². The molecule has 0 aliphatic rings. The Morgan fingerprint density at radius 3 is 1.57 bits per heavy atom. The van der Waals surface area contributed by atoms with Crippen LogP contribution in [-0.4, -0.2) is 12.4 Å². The molecule has 0 atom stereocenters. The predicted molar refractivity (Wildman–Crippen MR) is 119 cm³/mol. The number of allylic oxidation sites excluding steroid dienone is 2. The van der Waals surface area contributed by atoms with E-state index in [4.69, 9.17) is 8.83 Å². The second-order valence-electron chi connectivity index (χ2n) is 6.87. The molecule has 0 fully saturated rings. The highest BCUT2D eigenvalue weighted by atomic mass is 16.3. The number of rotatable bonds is 13. The van der Waals surface area contributed by atoms with Gasteiger partial charge in [0.1, 0.15) is 11.5 Å². The monoisotopic (exact) mass is 380 g/mol. The molecule has 28 heavy (non-hydrogen) atoms. The zero-order chi connectivity index (χ0) is 19.9. The molecule has 4 heteroatoms. The summed E-state index contributed by atoms with van der Waals surface area (Å²) in [6, 6.07) is 7.70. The Bertz CT molecular complexity index is 684. The fourth-order valence-corrected chi connectivity index (χ4v) is 2.83. The van der Waals surface area contributed by atoms with E-state index < -0.39 is 0 Å². The van der Waals surface area contributed by atoms with Gasteiger partial charge < -0.3 is 8.83 Å². The highest BCUT2D eigenvalue weighted by Crippen LogP contribution is 2.14. The van der Waals surface area contributed by atoms with Crippen LogP contribution in [0.2, 0.25) is 0 Å². The molecule has 150 valence electrons. The molecule has 0 aromatic carbocycles. The lowest BCUT2D eigenvalue weighted by atomic mass is 10.1. The maximum atomic E-state index is 5.43. The molecule has 0 amide bonds. The van der Waals surface area contributed by atoms with Crippen LogP contribution in [0.3, 0.4) is 0 Å².